The zero-order valence-corrected chi connectivity index (χ0v) is 18.4. The zero-order valence-electron chi connectivity index (χ0n) is 18.4. The van der Waals surface area contributed by atoms with Crippen LogP contribution in [0.15, 0.2) is 58.7 Å². The molecule has 0 spiro atoms. The summed E-state index contributed by atoms with van der Waals surface area (Å²) in [6.07, 6.45) is 8.28. The average molecular weight is 421 g/mol. The summed E-state index contributed by atoms with van der Waals surface area (Å²) in [7, 11) is 0. The van der Waals surface area contributed by atoms with Crippen LogP contribution in [0, 0.1) is 0 Å². The lowest BCUT2D eigenvalue weighted by molar-refractivity contribution is -0.121. The van der Waals surface area contributed by atoms with Crippen molar-refractivity contribution in [3.05, 3.63) is 70.8 Å². The van der Waals surface area contributed by atoms with Crippen LogP contribution in [-0.2, 0) is 22.4 Å². The van der Waals surface area contributed by atoms with Crippen molar-refractivity contribution < 1.29 is 9.59 Å². The molecule has 0 aromatic heterocycles. The highest BCUT2D eigenvalue weighted by Crippen LogP contribution is 2.05. The first-order valence-electron chi connectivity index (χ1n) is 10.9. The summed E-state index contributed by atoms with van der Waals surface area (Å²) in [6.45, 7) is 4.22. The molecule has 0 heterocycles. The van der Waals surface area contributed by atoms with Crippen molar-refractivity contribution >= 4 is 24.2 Å². The van der Waals surface area contributed by atoms with Gasteiger partial charge in [-0.3, -0.25) is 9.59 Å². The summed E-state index contributed by atoms with van der Waals surface area (Å²) < 4.78 is 0. The molecule has 2 aromatic carbocycles. The van der Waals surface area contributed by atoms with Crippen LogP contribution in [-0.4, -0.2) is 24.2 Å². The van der Waals surface area contributed by atoms with Crippen molar-refractivity contribution in [2.24, 2.45) is 10.2 Å². The SMILES string of the molecule is CCc1ccc(C=NNC(=O)CCCCCC(=O)NN=Cc2ccc(CC)cc2)cc1. The van der Waals surface area contributed by atoms with Crippen molar-refractivity contribution in [1.82, 2.24) is 10.9 Å². The minimum atomic E-state index is -0.121. The first-order valence-corrected chi connectivity index (χ1v) is 10.9. The van der Waals surface area contributed by atoms with Crippen LogP contribution in [0.2, 0.25) is 0 Å². The molecule has 2 aromatic rings. The minimum Gasteiger partial charge on any atom is -0.273 e. The van der Waals surface area contributed by atoms with E-state index in [-0.39, 0.29) is 11.8 Å². The quantitative estimate of drug-likeness (QED) is 0.304. The van der Waals surface area contributed by atoms with Crippen LogP contribution in [0.5, 0.6) is 0 Å². The van der Waals surface area contributed by atoms with Gasteiger partial charge in [0.25, 0.3) is 0 Å². The summed E-state index contributed by atoms with van der Waals surface area (Å²) in [4.78, 5) is 23.6. The number of nitrogens with zero attached hydrogens (tertiary/aromatic N) is 2. The van der Waals surface area contributed by atoms with E-state index in [0.717, 1.165) is 30.4 Å². The Balaban J connectivity index is 1.54. The van der Waals surface area contributed by atoms with Gasteiger partial charge in [-0.05, 0) is 47.9 Å². The highest BCUT2D eigenvalue weighted by Gasteiger charge is 2.02. The zero-order chi connectivity index (χ0) is 22.3. The van der Waals surface area contributed by atoms with E-state index in [4.69, 9.17) is 0 Å². The van der Waals surface area contributed by atoms with E-state index in [1.54, 1.807) is 12.4 Å². The molecule has 6 nitrogen and oxygen atoms in total. The largest absolute Gasteiger partial charge is 0.273 e. The van der Waals surface area contributed by atoms with Crippen LogP contribution in [0.3, 0.4) is 0 Å². The molecule has 0 aliphatic heterocycles. The fourth-order valence-corrected chi connectivity index (χ4v) is 2.90. The number of nitrogens with one attached hydrogen (secondary N) is 2. The molecule has 2 N–H and O–H groups in total. The number of aryl methyl sites for hydroxylation is 2. The monoisotopic (exact) mass is 420 g/mol. The number of benzene rings is 2. The molecular formula is C25H32N4O2. The number of carbonyl (C=O) groups is 2. The number of rotatable bonds is 12. The Kier molecular flexibility index (Phi) is 10.7. The molecule has 0 atom stereocenters. The Labute approximate surface area is 184 Å². The number of hydrogen-bond donors (Lipinski definition) is 2. The molecule has 0 fully saturated rings. The minimum absolute atomic E-state index is 0.121. The van der Waals surface area contributed by atoms with Crippen molar-refractivity contribution in [3.8, 4) is 0 Å². The Morgan fingerprint density at radius 1 is 0.677 bits per heavy atom. The highest BCUT2D eigenvalue weighted by molar-refractivity contribution is 5.83. The first kappa shape index (κ1) is 24.0. The molecule has 31 heavy (non-hydrogen) atoms. The van der Waals surface area contributed by atoms with E-state index in [2.05, 4.69) is 34.9 Å². The molecular weight excluding hydrogens is 388 g/mol. The Morgan fingerprint density at radius 2 is 1.06 bits per heavy atom. The second-order valence-electron chi connectivity index (χ2n) is 7.34. The summed E-state index contributed by atoms with van der Waals surface area (Å²) in [6, 6.07) is 16.1. The second kappa shape index (κ2) is 13.9. The summed E-state index contributed by atoms with van der Waals surface area (Å²) >= 11 is 0. The van der Waals surface area contributed by atoms with E-state index in [9.17, 15) is 9.59 Å². The molecule has 0 bridgehead atoms. The van der Waals surface area contributed by atoms with Gasteiger partial charge in [-0.25, -0.2) is 10.9 Å². The van der Waals surface area contributed by atoms with Gasteiger partial charge in [0, 0.05) is 12.8 Å². The molecule has 164 valence electrons. The van der Waals surface area contributed by atoms with Crippen molar-refractivity contribution in [3.63, 3.8) is 0 Å². The average Bonchev–Trinajstić information content (AvgIpc) is 2.80. The summed E-state index contributed by atoms with van der Waals surface area (Å²) in [5.41, 5.74) is 9.51. The highest BCUT2D eigenvalue weighted by atomic mass is 16.2. The van der Waals surface area contributed by atoms with Crippen LogP contribution in [0.4, 0.5) is 0 Å². The second-order valence-corrected chi connectivity index (χ2v) is 7.34. The van der Waals surface area contributed by atoms with Gasteiger partial charge in [-0.1, -0.05) is 68.8 Å². The number of carbonyl (C=O) groups excluding carboxylic acids is 2. The van der Waals surface area contributed by atoms with E-state index in [1.165, 1.54) is 11.1 Å². The maximum atomic E-state index is 11.8. The Morgan fingerprint density at radius 3 is 1.42 bits per heavy atom. The smallest absolute Gasteiger partial charge is 0.240 e. The fourth-order valence-electron chi connectivity index (χ4n) is 2.90. The van der Waals surface area contributed by atoms with E-state index < -0.39 is 0 Å². The molecule has 2 amide bonds. The lowest BCUT2D eigenvalue weighted by Gasteiger charge is -2.02. The van der Waals surface area contributed by atoms with Gasteiger partial charge >= 0.3 is 0 Å². The van der Waals surface area contributed by atoms with Gasteiger partial charge in [0.05, 0.1) is 12.4 Å². The van der Waals surface area contributed by atoms with Gasteiger partial charge in [0.15, 0.2) is 0 Å². The van der Waals surface area contributed by atoms with Crippen LogP contribution < -0.4 is 10.9 Å². The van der Waals surface area contributed by atoms with Crippen LogP contribution in [0.1, 0.15) is 68.2 Å². The molecule has 0 aliphatic carbocycles. The molecule has 0 unspecified atom stereocenters. The van der Waals surface area contributed by atoms with Crippen LogP contribution in [0.25, 0.3) is 0 Å². The van der Waals surface area contributed by atoms with E-state index in [1.807, 2.05) is 48.5 Å². The van der Waals surface area contributed by atoms with Gasteiger partial charge in [0.2, 0.25) is 11.8 Å². The van der Waals surface area contributed by atoms with Crippen molar-refractivity contribution in [1.29, 1.82) is 0 Å². The fraction of sp³-hybridized carbons (Fsp3) is 0.360. The lowest BCUT2D eigenvalue weighted by Crippen LogP contribution is -2.18. The molecule has 2 rings (SSSR count). The van der Waals surface area contributed by atoms with Crippen molar-refractivity contribution in [2.75, 3.05) is 0 Å². The van der Waals surface area contributed by atoms with Crippen LogP contribution >= 0.6 is 0 Å². The summed E-state index contributed by atoms with van der Waals surface area (Å²) in [5, 5.41) is 7.98. The predicted molar refractivity (Wildman–Crippen MR) is 126 cm³/mol. The standard InChI is InChI=1S/C25H32N4O2/c1-3-20-10-14-22(15-11-20)18-26-28-24(30)8-6-5-7-9-25(31)29-27-19-23-16-12-21(4-2)13-17-23/h10-19H,3-9H2,1-2H3,(H,28,30)(H,29,31). The van der Waals surface area contributed by atoms with Gasteiger partial charge < -0.3 is 0 Å². The number of hydrogen-bond acceptors (Lipinski definition) is 4. The normalized spacial score (nSPS) is 11.2. The van der Waals surface area contributed by atoms with Gasteiger partial charge in [0.1, 0.15) is 0 Å². The molecule has 6 heteroatoms. The molecule has 0 saturated carbocycles. The molecule has 0 aliphatic rings. The number of amides is 2. The number of hydrazone groups is 2. The van der Waals surface area contributed by atoms with E-state index in [0.29, 0.717) is 25.7 Å². The van der Waals surface area contributed by atoms with Gasteiger partial charge in [-0.15, -0.1) is 0 Å². The first-order chi connectivity index (χ1) is 15.1. The summed E-state index contributed by atoms with van der Waals surface area (Å²) in [5.74, 6) is -0.242. The van der Waals surface area contributed by atoms with Gasteiger partial charge in [-0.2, -0.15) is 10.2 Å². The third-order valence-corrected chi connectivity index (χ3v) is 4.89. The van der Waals surface area contributed by atoms with E-state index >= 15 is 0 Å². The third-order valence-electron chi connectivity index (χ3n) is 4.89. The van der Waals surface area contributed by atoms with Crippen molar-refractivity contribution in [2.45, 2.75) is 58.8 Å². The third kappa shape index (κ3) is 9.85. The maximum absolute atomic E-state index is 11.8. The number of unbranched alkanes of at least 4 members (excludes halogenated alkanes) is 2. The molecule has 0 saturated heterocycles. The molecule has 0 radical (unpaired) electrons. The Hall–Kier alpha value is -3.28. The maximum Gasteiger partial charge on any atom is 0.240 e. The lowest BCUT2D eigenvalue weighted by atomic mass is 10.1. The topological polar surface area (TPSA) is 82.9 Å². The predicted octanol–water partition coefficient (Wildman–Crippen LogP) is 4.36. The Bertz CT molecular complexity index is 798.